The van der Waals surface area contributed by atoms with Crippen LogP contribution in [-0.2, 0) is 10.3 Å². The zero-order chi connectivity index (χ0) is 12.3. The van der Waals surface area contributed by atoms with E-state index in [-0.39, 0.29) is 5.82 Å². The van der Waals surface area contributed by atoms with Gasteiger partial charge in [-0.2, -0.15) is 4.99 Å². The molecular weight excluding hydrogens is 237 g/mol. The van der Waals surface area contributed by atoms with E-state index in [1.54, 1.807) is 12.1 Å². The summed E-state index contributed by atoms with van der Waals surface area (Å²) in [7, 11) is 0. The molecule has 90 valence electrons. The molecule has 2 nitrogen and oxygen atoms in total. The molecule has 1 aromatic rings. The van der Waals surface area contributed by atoms with Crippen LogP contribution in [0.1, 0.15) is 31.2 Å². The van der Waals surface area contributed by atoms with Crippen molar-refractivity contribution in [1.29, 1.82) is 0 Å². The second kappa shape index (κ2) is 5.03. The van der Waals surface area contributed by atoms with E-state index in [0.29, 0.717) is 5.56 Å². The lowest BCUT2D eigenvalue weighted by atomic mass is 9.88. The lowest BCUT2D eigenvalue weighted by molar-refractivity contribution is 0.422. The van der Waals surface area contributed by atoms with Crippen molar-refractivity contribution in [3.8, 4) is 0 Å². The van der Waals surface area contributed by atoms with Crippen molar-refractivity contribution in [1.82, 2.24) is 0 Å². The van der Waals surface area contributed by atoms with Gasteiger partial charge >= 0.3 is 0 Å². The average molecular weight is 251 g/mol. The topological polar surface area (TPSA) is 29.4 Å². The van der Waals surface area contributed by atoms with Gasteiger partial charge in [0.2, 0.25) is 6.08 Å². The molecule has 1 fully saturated rings. The number of nitrogens with zero attached hydrogens (tertiary/aromatic N) is 1. The predicted molar refractivity (Wildman–Crippen MR) is 66.4 cm³/mol. The minimum Gasteiger partial charge on any atom is -0.211 e. The van der Waals surface area contributed by atoms with Gasteiger partial charge in [0.25, 0.3) is 0 Å². The Kier molecular flexibility index (Phi) is 3.65. The van der Waals surface area contributed by atoms with E-state index >= 15 is 0 Å². The summed E-state index contributed by atoms with van der Waals surface area (Å²) in [5.41, 5.74) is -0.0980. The summed E-state index contributed by atoms with van der Waals surface area (Å²) < 4.78 is 14.1. The van der Waals surface area contributed by atoms with Crippen molar-refractivity contribution >= 4 is 17.8 Å². The Balaban J connectivity index is 2.60. The number of rotatable bonds is 3. The van der Waals surface area contributed by atoms with Crippen molar-refractivity contribution in [3.05, 3.63) is 29.6 Å². The molecule has 0 heterocycles. The van der Waals surface area contributed by atoms with Gasteiger partial charge in [-0.05, 0) is 31.2 Å². The molecule has 1 aliphatic carbocycles. The lowest BCUT2D eigenvalue weighted by Gasteiger charge is -2.25. The molecule has 1 saturated carbocycles. The zero-order valence-electron chi connectivity index (χ0n) is 9.70. The number of hydrogen-bond acceptors (Lipinski definition) is 3. The van der Waals surface area contributed by atoms with Gasteiger partial charge in [0.1, 0.15) is 11.4 Å². The normalized spacial score (nSPS) is 17.8. The second-order valence-corrected chi connectivity index (χ2v) is 5.11. The SMILES string of the molecule is CSc1cccc(F)c1C1(N=C=O)CCCC1. The molecule has 0 amide bonds. The summed E-state index contributed by atoms with van der Waals surface area (Å²) in [4.78, 5) is 15.4. The first-order chi connectivity index (χ1) is 8.23. The van der Waals surface area contributed by atoms with Crippen LogP contribution >= 0.6 is 11.8 Å². The van der Waals surface area contributed by atoms with Crippen LogP contribution < -0.4 is 0 Å². The molecular formula is C13H14FNOS. The smallest absolute Gasteiger partial charge is 0.211 e. The van der Waals surface area contributed by atoms with Gasteiger partial charge in [-0.25, -0.2) is 9.18 Å². The van der Waals surface area contributed by atoms with Crippen LogP contribution in [0.5, 0.6) is 0 Å². The van der Waals surface area contributed by atoms with Crippen molar-refractivity contribution in [2.24, 2.45) is 4.99 Å². The van der Waals surface area contributed by atoms with Crippen LogP contribution in [0.3, 0.4) is 0 Å². The van der Waals surface area contributed by atoms with Crippen LogP contribution in [0.4, 0.5) is 4.39 Å². The summed E-state index contributed by atoms with van der Waals surface area (Å²) in [5, 5.41) is 0. The number of hydrogen-bond donors (Lipinski definition) is 0. The number of benzene rings is 1. The third kappa shape index (κ3) is 2.15. The van der Waals surface area contributed by atoms with Crippen molar-refractivity contribution < 1.29 is 9.18 Å². The number of carbonyl (C=O) groups excluding carboxylic acids is 1. The number of thioether (sulfide) groups is 1. The largest absolute Gasteiger partial charge is 0.235 e. The number of aliphatic imine (C=N–C) groups is 1. The quantitative estimate of drug-likeness (QED) is 0.466. The van der Waals surface area contributed by atoms with Crippen LogP contribution in [0, 0.1) is 5.82 Å². The maximum atomic E-state index is 14.1. The Labute approximate surface area is 104 Å². The molecule has 17 heavy (non-hydrogen) atoms. The summed E-state index contributed by atoms with van der Waals surface area (Å²) in [6, 6.07) is 5.01. The van der Waals surface area contributed by atoms with E-state index in [9.17, 15) is 9.18 Å². The minimum absolute atomic E-state index is 0.266. The van der Waals surface area contributed by atoms with Crippen molar-refractivity contribution in [2.45, 2.75) is 36.1 Å². The van der Waals surface area contributed by atoms with Crippen LogP contribution in [0.2, 0.25) is 0 Å². The Morgan fingerprint density at radius 3 is 2.71 bits per heavy atom. The van der Waals surface area contributed by atoms with Crippen LogP contribution in [0.25, 0.3) is 0 Å². The van der Waals surface area contributed by atoms with Crippen LogP contribution in [-0.4, -0.2) is 12.3 Å². The molecule has 0 saturated heterocycles. The van der Waals surface area contributed by atoms with Gasteiger partial charge in [-0.3, -0.25) is 0 Å². The highest BCUT2D eigenvalue weighted by Crippen LogP contribution is 2.46. The Bertz CT molecular complexity index is 462. The molecule has 0 N–H and O–H groups in total. The average Bonchev–Trinajstić information content (AvgIpc) is 2.78. The maximum absolute atomic E-state index is 14.1. The second-order valence-electron chi connectivity index (χ2n) is 4.26. The molecule has 0 aliphatic heterocycles. The minimum atomic E-state index is -0.675. The monoisotopic (exact) mass is 251 g/mol. The summed E-state index contributed by atoms with van der Waals surface area (Å²) in [5.74, 6) is -0.266. The first-order valence-electron chi connectivity index (χ1n) is 5.65. The zero-order valence-corrected chi connectivity index (χ0v) is 10.5. The summed E-state index contributed by atoms with van der Waals surface area (Å²) in [6.07, 6.45) is 6.96. The first kappa shape index (κ1) is 12.3. The van der Waals surface area contributed by atoms with E-state index in [4.69, 9.17) is 0 Å². The molecule has 1 aliphatic rings. The number of halogens is 1. The molecule has 0 spiro atoms. The Morgan fingerprint density at radius 2 is 2.12 bits per heavy atom. The maximum Gasteiger partial charge on any atom is 0.235 e. The Morgan fingerprint density at radius 1 is 1.41 bits per heavy atom. The van der Waals surface area contributed by atoms with E-state index in [1.165, 1.54) is 17.8 Å². The highest BCUT2D eigenvalue weighted by atomic mass is 32.2. The third-order valence-corrected chi connectivity index (χ3v) is 4.13. The number of isocyanates is 1. The van der Waals surface area contributed by atoms with Gasteiger partial charge < -0.3 is 0 Å². The molecule has 0 aromatic heterocycles. The molecule has 0 bridgehead atoms. The molecule has 0 unspecified atom stereocenters. The van der Waals surface area contributed by atoms with Gasteiger partial charge in [-0.1, -0.05) is 18.9 Å². The van der Waals surface area contributed by atoms with E-state index < -0.39 is 5.54 Å². The molecule has 4 heteroatoms. The molecule has 0 radical (unpaired) electrons. The summed E-state index contributed by atoms with van der Waals surface area (Å²) in [6.45, 7) is 0. The fraction of sp³-hybridized carbons (Fsp3) is 0.462. The molecule has 2 rings (SSSR count). The highest BCUT2D eigenvalue weighted by Gasteiger charge is 2.39. The Hall–Kier alpha value is -1.12. The fourth-order valence-electron chi connectivity index (χ4n) is 2.59. The van der Waals surface area contributed by atoms with Gasteiger partial charge in [0, 0.05) is 10.5 Å². The van der Waals surface area contributed by atoms with Gasteiger partial charge in [0.15, 0.2) is 0 Å². The van der Waals surface area contributed by atoms with E-state index in [2.05, 4.69) is 4.99 Å². The van der Waals surface area contributed by atoms with Crippen molar-refractivity contribution in [2.75, 3.05) is 6.26 Å². The standard InChI is InChI=1S/C13H14FNOS/c1-17-11-6-4-5-10(14)12(11)13(15-9-16)7-2-3-8-13/h4-6H,2-3,7-8H2,1H3. The third-order valence-electron chi connectivity index (χ3n) is 3.35. The molecule has 0 atom stereocenters. The fourth-order valence-corrected chi connectivity index (χ4v) is 3.30. The first-order valence-corrected chi connectivity index (χ1v) is 6.88. The predicted octanol–water partition coefficient (Wildman–Crippen LogP) is 3.65. The van der Waals surface area contributed by atoms with Crippen LogP contribution in [0.15, 0.2) is 28.1 Å². The molecule has 1 aromatic carbocycles. The van der Waals surface area contributed by atoms with E-state index in [1.807, 2.05) is 12.3 Å². The highest BCUT2D eigenvalue weighted by molar-refractivity contribution is 7.98. The van der Waals surface area contributed by atoms with Gasteiger partial charge in [0.05, 0.1) is 0 Å². The lowest BCUT2D eigenvalue weighted by Crippen LogP contribution is -2.21. The van der Waals surface area contributed by atoms with Crippen molar-refractivity contribution in [3.63, 3.8) is 0 Å². The van der Waals surface area contributed by atoms with Gasteiger partial charge in [-0.15, -0.1) is 11.8 Å². The van der Waals surface area contributed by atoms with E-state index in [0.717, 1.165) is 30.6 Å². The summed E-state index contributed by atoms with van der Waals surface area (Å²) >= 11 is 1.49.